The highest BCUT2D eigenvalue weighted by atomic mass is 32.7. The van der Waals surface area contributed by atoms with Crippen LogP contribution >= 0.6 is 26.0 Å². The van der Waals surface area contributed by atoms with Gasteiger partial charge in [-0.25, -0.2) is 18.7 Å². The molecule has 3 aliphatic rings. The summed E-state index contributed by atoms with van der Waals surface area (Å²) in [5.41, 5.74) is -2.30. The van der Waals surface area contributed by atoms with Crippen molar-refractivity contribution in [2.75, 3.05) is 12.4 Å². The monoisotopic (exact) mass is 624 g/mol. The topological polar surface area (TPSA) is 230 Å². The van der Waals surface area contributed by atoms with Gasteiger partial charge in [0.2, 0.25) is 0 Å². The molecule has 3 aliphatic heterocycles. The SMILES string of the molecule is Cc1cn([C@H]2C[C@@H]3OP(=O)(O)OC[C@H]4O[C@@H](n5cc(C)c(=O)[nH]c5=O)C[C@@H]4OP(=O)(O)SC[C@H]3O2)c(=O)[nH]c1=O. The lowest BCUT2D eigenvalue weighted by Gasteiger charge is -2.26. The molecule has 0 spiro atoms. The summed E-state index contributed by atoms with van der Waals surface area (Å²) in [6, 6.07) is 0. The number of aromatic nitrogens is 4. The first kappa shape index (κ1) is 29.4. The zero-order valence-corrected chi connectivity index (χ0v) is 23.6. The Morgan fingerprint density at radius 2 is 1.32 bits per heavy atom. The Morgan fingerprint density at radius 1 is 0.825 bits per heavy atom. The molecule has 3 fully saturated rings. The molecule has 2 aromatic heterocycles. The number of ether oxygens (including phenoxy) is 2. The van der Waals surface area contributed by atoms with Crippen LogP contribution in [-0.4, -0.2) is 65.7 Å². The number of fused-ring (bicyclic) bond motifs is 2. The van der Waals surface area contributed by atoms with Crippen LogP contribution in [0.25, 0.3) is 0 Å². The fraction of sp³-hybridized carbons (Fsp3) is 0.600. The summed E-state index contributed by atoms with van der Waals surface area (Å²) in [6.07, 6.45) is -4.30. The van der Waals surface area contributed by atoms with E-state index in [0.717, 1.165) is 9.13 Å². The second kappa shape index (κ2) is 10.9. The van der Waals surface area contributed by atoms with Crippen LogP contribution in [0.2, 0.25) is 0 Å². The van der Waals surface area contributed by atoms with Crippen molar-refractivity contribution >= 4 is 26.0 Å². The van der Waals surface area contributed by atoms with Crippen molar-refractivity contribution in [2.24, 2.45) is 0 Å². The molecule has 40 heavy (non-hydrogen) atoms. The van der Waals surface area contributed by atoms with Crippen LogP contribution in [0.5, 0.6) is 0 Å². The maximum atomic E-state index is 13.0. The third kappa shape index (κ3) is 6.21. The Morgan fingerprint density at radius 3 is 1.88 bits per heavy atom. The standard InChI is InChI=1S/C20H26N4O13P2S/c1-9-5-23(19(27)21-17(9)25)15-3-11-13(34-15)7-33-38(29,30)36-12-4-16(24-6-10(2)18(26)22-20(24)28)35-14(12)8-40-39(31,32)37-11/h5-6,11-16H,3-4,7-8H2,1-2H3,(H,29,30)(H,31,32)(H,21,25,27)(H,22,26,28)/t11-,12-,13+,14+,15+,16+/m0/s1. The van der Waals surface area contributed by atoms with Gasteiger partial charge in [-0.15, -0.1) is 0 Å². The molecule has 0 bridgehead atoms. The zero-order chi connectivity index (χ0) is 29.0. The molecule has 2 unspecified atom stereocenters. The van der Waals surface area contributed by atoms with E-state index >= 15 is 0 Å². The van der Waals surface area contributed by atoms with Crippen LogP contribution in [0, 0.1) is 13.8 Å². The fourth-order valence-corrected chi connectivity index (χ4v) is 8.34. The summed E-state index contributed by atoms with van der Waals surface area (Å²) in [5, 5.41) is 0. The lowest BCUT2D eigenvalue weighted by atomic mass is 10.2. The van der Waals surface area contributed by atoms with Gasteiger partial charge in [0.1, 0.15) is 30.8 Å². The molecule has 0 aromatic carbocycles. The van der Waals surface area contributed by atoms with Gasteiger partial charge >= 0.3 is 26.0 Å². The summed E-state index contributed by atoms with van der Waals surface area (Å²) in [7, 11) is -4.77. The maximum absolute atomic E-state index is 13.0. The highest BCUT2D eigenvalue weighted by Gasteiger charge is 2.47. The fourth-order valence-electron chi connectivity index (χ4n) is 4.60. The van der Waals surface area contributed by atoms with Gasteiger partial charge in [-0.2, -0.15) is 0 Å². The van der Waals surface area contributed by atoms with Crippen molar-refractivity contribution in [1.29, 1.82) is 0 Å². The van der Waals surface area contributed by atoms with E-state index in [1.807, 2.05) is 0 Å². The third-order valence-electron chi connectivity index (χ3n) is 6.61. The van der Waals surface area contributed by atoms with Gasteiger partial charge in [0.05, 0.1) is 12.7 Å². The molecule has 20 heteroatoms. The lowest BCUT2D eigenvalue weighted by molar-refractivity contribution is -0.0476. The number of nitrogens with one attached hydrogen (secondary N) is 2. The average Bonchev–Trinajstić information content (AvgIpc) is 3.43. The van der Waals surface area contributed by atoms with E-state index in [1.165, 1.54) is 26.2 Å². The molecule has 0 amide bonds. The van der Waals surface area contributed by atoms with E-state index in [2.05, 4.69) is 9.97 Å². The first-order valence-corrected chi connectivity index (χ1v) is 16.6. The normalized spacial score (nSPS) is 36.8. The van der Waals surface area contributed by atoms with Crippen LogP contribution < -0.4 is 22.5 Å². The summed E-state index contributed by atoms with van der Waals surface area (Å²) < 4.78 is 55.6. The minimum absolute atomic E-state index is 0.125. The highest BCUT2D eigenvalue weighted by molar-refractivity contribution is 8.54. The van der Waals surface area contributed by atoms with Crippen molar-refractivity contribution in [2.45, 2.75) is 63.6 Å². The number of rotatable bonds is 2. The van der Waals surface area contributed by atoms with E-state index in [0.29, 0.717) is 11.4 Å². The maximum Gasteiger partial charge on any atom is 0.472 e. The number of aryl methyl sites for hydroxylation is 2. The number of H-pyrrole nitrogens is 2. The third-order valence-corrected chi connectivity index (χ3v) is 10.7. The molecule has 2 aromatic rings. The molecule has 0 radical (unpaired) electrons. The first-order valence-electron chi connectivity index (χ1n) is 12.0. The largest absolute Gasteiger partial charge is 0.472 e. The number of aromatic amines is 2. The molecule has 8 atom stereocenters. The van der Waals surface area contributed by atoms with E-state index < -0.39 is 80.6 Å². The molecule has 3 saturated heterocycles. The second-order valence-electron chi connectivity index (χ2n) is 9.50. The van der Waals surface area contributed by atoms with Crippen molar-refractivity contribution in [3.05, 3.63) is 65.2 Å². The van der Waals surface area contributed by atoms with E-state index in [-0.39, 0.29) is 29.7 Å². The second-order valence-corrected chi connectivity index (χ2v) is 14.8. The average molecular weight is 624 g/mol. The predicted octanol–water partition coefficient (Wildman–Crippen LogP) is 0.0132. The molecule has 5 heterocycles. The quantitative estimate of drug-likeness (QED) is 0.323. The molecule has 0 saturated carbocycles. The number of hydrogen-bond donors (Lipinski definition) is 4. The van der Waals surface area contributed by atoms with Crippen molar-refractivity contribution in [3.8, 4) is 0 Å². The van der Waals surface area contributed by atoms with Crippen molar-refractivity contribution < 1.29 is 42.0 Å². The predicted molar refractivity (Wildman–Crippen MR) is 137 cm³/mol. The Kier molecular flexibility index (Phi) is 8.04. The Balaban J connectivity index is 1.38. The molecule has 17 nitrogen and oxygen atoms in total. The smallest absolute Gasteiger partial charge is 0.351 e. The van der Waals surface area contributed by atoms with Gasteiger partial charge in [0.15, 0.2) is 0 Å². The van der Waals surface area contributed by atoms with Crippen molar-refractivity contribution in [3.63, 3.8) is 0 Å². The van der Waals surface area contributed by atoms with Crippen LogP contribution in [-0.2, 0) is 32.2 Å². The lowest BCUT2D eigenvalue weighted by Crippen LogP contribution is -2.33. The zero-order valence-electron chi connectivity index (χ0n) is 21.0. The summed E-state index contributed by atoms with van der Waals surface area (Å²) >= 11 is 0.485. The minimum atomic E-state index is -4.77. The Hall–Kier alpha value is -2.11. The number of phosphoric acid groups is 1. The first-order chi connectivity index (χ1) is 18.7. The molecule has 0 aliphatic carbocycles. The van der Waals surface area contributed by atoms with Gasteiger partial charge in [-0.3, -0.25) is 42.3 Å². The summed E-state index contributed by atoms with van der Waals surface area (Å²) in [4.78, 5) is 73.5. The van der Waals surface area contributed by atoms with Crippen molar-refractivity contribution in [1.82, 2.24) is 19.1 Å². The van der Waals surface area contributed by atoms with Gasteiger partial charge in [0, 0.05) is 42.1 Å². The van der Waals surface area contributed by atoms with Gasteiger partial charge in [0.25, 0.3) is 11.1 Å². The Bertz CT molecular complexity index is 1520. The highest BCUT2D eigenvalue weighted by Crippen LogP contribution is 2.60. The van der Waals surface area contributed by atoms with Gasteiger partial charge in [-0.1, -0.05) is 0 Å². The Labute approximate surface area is 228 Å². The molecule has 5 rings (SSSR count). The van der Waals surface area contributed by atoms with E-state index in [9.17, 15) is 38.1 Å². The molecular weight excluding hydrogens is 598 g/mol. The van der Waals surface area contributed by atoms with Crippen LogP contribution in [0.1, 0.15) is 36.4 Å². The number of nitrogens with zero attached hydrogens (tertiary/aromatic N) is 2. The van der Waals surface area contributed by atoms with Gasteiger partial charge < -0.3 is 19.3 Å². The number of phosphoric ester groups is 1. The summed E-state index contributed by atoms with van der Waals surface area (Å²) in [6.45, 7) is -2.06. The molecule has 4 N–H and O–H groups in total. The minimum Gasteiger partial charge on any atom is -0.351 e. The molecule has 220 valence electrons. The van der Waals surface area contributed by atoms with Gasteiger partial charge in [-0.05, 0) is 25.2 Å². The molecular formula is C20H26N4O13P2S. The van der Waals surface area contributed by atoms with E-state index in [4.69, 9.17) is 23.0 Å². The van der Waals surface area contributed by atoms with Crippen LogP contribution in [0.3, 0.4) is 0 Å². The summed E-state index contributed by atoms with van der Waals surface area (Å²) in [5.74, 6) is -0.244. The van der Waals surface area contributed by atoms with Crippen LogP contribution in [0.15, 0.2) is 31.6 Å². The van der Waals surface area contributed by atoms with E-state index in [1.54, 1.807) is 0 Å². The number of hydrogen-bond acceptors (Lipinski definition) is 12. The van der Waals surface area contributed by atoms with Crippen LogP contribution in [0.4, 0.5) is 0 Å².